The van der Waals surface area contributed by atoms with Crippen molar-refractivity contribution in [3.05, 3.63) is 168 Å². The summed E-state index contributed by atoms with van der Waals surface area (Å²) in [6.07, 6.45) is 2.86. The van der Waals surface area contributed by atoms with E-state index in [0.717, 1.165) is 64.5 Å². The zero-order chi connectivity index (χ0) is 50.2. The number of sulfone groups is 1. The van der Waals surface area contributed by atoms with Gasteiger partial charge >= 0.3 is 5.51 Å². The monoisotopic (exact) mass is 1050 g/mol. The van der Waals surface area contributed by atoms with Gasteiger partial charge < -0.3 is 20.6 Å². The quantitative estimate of drug-likeness (QED) is 0.0575. The summed E-state index contributed by atoms with van der Waals surface area (Å²) in [6, 6.07) is 42.6. The van der Waals surface area contributed by atoms with Crippen molar-refractivity contribution in [1.29, 1.82) is 0 Å². The molecule has 0 bridgehead atoms. The van der Waals surface area contributed by atoms with Crippen LogP contribution in [-0.4, -0.2) is 88.8 Å². The number of alkyl halides is 3. The van der Waals surface area contributed by atoms with Crippen LogP contribution in [0.5, 0.6) is 0 Å². The number of nitrogens with one attached hydrogen (secondary N) is 3. The molecule has 2 saturated heterocycles. The van der Waals surface area contributed by atoms with Crippen LogP contribution in [0.2, 0.25) is 5.02 Å². The Bertz CT molecular complexity index is 2970. The lowest BCUT2D eigenvalue weighted by molar-refractivity contribution is -0.0435. The first-order chi connectivity index (χ1) is 34.1. The number of sulfonamides is 1. The predicted octanol–water partition coefficient (Wildman–Crippen LogP) is 10.9. The molecule has 3 atom stereocenters. The van der Waals surface area contributed by atoms with Gasteiger partial charge in [-0.3, -0.25) is 9.69 Å². The van der Waals surface area contributed by atoms with Crippen LogP contribution in [0.25, 0.3) is 11.1 Å². The minimum Gasteiger partial charge on any atom is -0.388 e. The second-order valence-electron chi connectivity index (χ2n) is 17.8. The fourth-order valence-electron chi connectivity index (χ4n) is 9.36. The molecule has 0 radical (unpaired) electrons. The molecule has 0 aromatic heterocycles. The molecule has 2 heterocycles. The van der Waals surface area contributed by atoms with E-state index >= 15 is 0 Å². The third-order valence-electron chi connectivity index (χ3n) is 13.1. The molecule has 2 aliphatic rings. The molecule has 374 valence electrons. The first-order valence-electron chi connectivity index (χ1n) is 23.4. The number of carbonyl (C=O) groups excluding carboxylic acids is 1. The third kappa shape index (κ3) is 12.9. The number of carbonyl (C=O) groups is 1. The van der Waals surface area contributed by atoms with Gasteiger partial charge in [0.1, 0.15) is 4.90 Å². The zero-order valence-electron chi connectivity index (χ0n) is 38.6. The maximum atomic E-state index is 14.4. The van der Waals surface area contributed by atoms with Crippen LogP contribution in [0, 0.1) is 5.92 Å². The number of hydrogen-bond donors (Lipinski definition) is 4. The number of piperidine rings is 1. The van der Waals surface area contributed by atoms with E-state index in [9.17, 15) is 39.9 Å². The molecule has 6 aromatic carbocycles. The summed E-state index contributed by atoms with van der Waals surface area (Å²) in [5.74, 6) is -0.717. The number of likely N-dealkylation sites (tertiary alicyclic amines) is 1. The second kappa shape index (κ2) is 22.9. The highest BCUT2D eigenvalue weighted by molar-refractivity contribution is 7.99. The first-order valence-corrected chi connectivity index (χ1v) is 27.8. The molecule has 0 spiro atoms. The molecule has 6 aromatic rings. The predicted molar refractivity (Wildman–Crippen MR) is 276 cm³/mol. The Morgan fingerprint density at radius 2 is 1.45 bits per heavy atom. The van der Waals surface area contributed by atoms with E-state index in [1.165, 1.54) is 23.9 Å². The van der Waals surface area contributed by atoms with E-state index in [4.69, 9.17) is 11.6 Å². The largest absolute Gasteiger partial charge is 0.501 e. The third-order valence-corrected chi connectivity index (χ3v) is 17.4. The number of amides is 1. The normalized spacial score (nSPS) is 16.9. The molecular formula is C53H55ClF3N5O6S3. The number of hydrogen-bond acceptors (Lipinski definition) is 11. The Kier molecular flexibility index (Phi) is 16.7. The van der Waals surface area contributed by atoms with Gasteiger partial charge in [0.2, 0.25) is 0 Å². The lowest BCUT2D eigenvalue weighted by Crippen LogP contribution is -2.38. The summed E-state index contributed by atoms with van der Waals surface area (Å²) in [5, 5.41) is 18.7. The van der Waals surface area contributed by atoms with Crippen LogP contribution in [0.15, 0.2) is 166 Å². The average Bonchev–Trinajstić information content (AvgIpc) is 3.82. The number of halogens is 4. The highest BCUT2D eigenvalue weighted by Gasteiger charge is 2.48. The highest BCUT2D eigenvalue weighted by Crippen LogP contribution is 2.39. The summed E-state index contributed by atoms with van der Waals surface area (Å²) in [4.78, 5) is 16.7. The van der Waals surface area contributed by atoms with E-state index in [1.807, 2.05) is 114 Å². The molecular weight excluding hydrogens is 991 g/mol. The van der Waals surface area contributed by atoms with Gasteiger partial charge in [-0.05, 0) is 140 Å². The van der Waals surface area contributed by atoms with Gasteiger partial charge in [0.25, 0.3) is 25.8 Å². The molecule has 0 unspecified atom stereocenters. The van der Waals surface area contributed by atoms with E-state index in [0.29, 0.717) is 62.3 Å². The van der Waals surface area contributed by atoms with Crippen molar-refractivity contribution in [3.63, 3.8) is 0 Å². The maximum absolute atomic E-state index is 14.4. The number of thioether (sulfide) groups is 1. The lowest BCUT2D eigenvalue weighted by Gasteiger charge is -2.36. The van der Waals surface area contributed by atoms with Gasteiger partial charge in [0, 0.05) is 70.9 Å². The Morgan fingerprint density at radius 3 is 2.14 bits per heavy atom. The van der Waals surface area contributed by atoms with Crippen molar-refractivity contribution in [2.75, 3.05) is 54.0 Å². The van der Waals surface area contributed by atoms with Crippen LogP contribution in [-0.2, 0) is 19.9 Å². The van der Waals surface area contributed by atoms with Crippen LogP contribution in [0.3, 0.4) is 0 Å². The van der Waals surface area contributed by atoms with Crippen molar-refractivity contribution in [3.8, 4) is 11.1 Å². The van der Waals surface area contributed by atoms with E-state index < -0.39 is 58.9 Å². The van der Waals surface area contributed by atoms with Gasteiger partial charge in [0.15, 0.2) is 0 Å². The number of rotatable bonds is 19. The first kappa shape index (κ1) is 51.8. The topological polar surface area (TPSA) is 148 Å². The minimum absolute atomic E-state index is 0.0205. The lowest BCUT2D eigenvalue weighted by atomic mass is 9.84. The second-order valence-corrected chi connectivity index (χ2v) is 22.9. The Hall–Kier alpha value is -5.56. The summed E-state index contributed by atoms with van der Waals surface area (Å²) in [5.41, 5.74) is -1.75. The molecule has 4 N–H and O–H groups in total. The molecule has 18 heteroatoms. The van der Waals surface area contributed by atoms with Crippen molar-refractivity contribution in [2.45, 2.75) is 70.5 Å². The maximum Gasteiger partial charge on any atom is 0.501 e. The van der Waals surface area contributed by atoms with Crippen molar-refractivity contribution in [1.82, 2.24) is 9.62 Å². The van der Waals surface area contributed by atoms with Crippen LogP contribution in [0.4, 0.5) is 30.2 Å². The summed E-state index contributed by atoms with van der Waals surface area (Å²) >= 11 is 7.58. The smallest absolute Gasteiger partial charge is 0.388 e. The Labute approximate surface area is 422 Å². The number of aliphatic hydroxyl groups excluding tert-OH is 1. The van der Waals surface area contributed by atoms with Crippen LogP contribution < -0.4 is 20.3 Å². The van der Waals surface area contributed by atoms with Gasteiger partial charge in [-0.2, -0.15) is 13.2 Å². The van der Waals surface area contributed by atoms with Crippen molar-refractivity contribution < 1.29 is 39.9 Å². The van der Waals surface area contributed by atoms with Gasteiger partial charge in [-0.15, -0.1) is 11.8 Å². The van der Waals surface area contributed by atoms with Crippen LogP contribution in [0.1, 0.15) is 54.1 Å². The number of nitrogens with zero attached hydrogens (tertiary/aromatic N) is 2. The molecule has 71 heavy (non-hydrogen) atoms. The highest BCUT2D eigenvalue weighted by atomic mass is 35.5. The Morgan fingerprint density at radius 1 is 0.789 bits per heavy atom. The molecule has 11 nitrogen and oxygen atoms in total. The number of anilines is 3. The fourth-order valence-corrected chi connectivity index (χ4v) is 12.5. The zero-order valence-corrected chi connectivity index (χ0v) is 41.8. The number of para-hydroxylation sites is 1. The molecule has 2 aliphatic heterocycles. The number of benzene rings is 6. The summed E-state index contributed by atoms with van der Waals surface area (Å²) < 4.78 is 99.0. The van der Waals surface area contributed by atoms with Crippen molar-refractivity contribution in [2.24, 2.45) is 5.92 Å². The molecule has 0 saturated carbocycles. The fraction of sp³-hybridized carbons (Fsp3) is 0.302. The SMILES string of the molecule is O=C(NS(=O)(=O)c1ccc(N[C@@H](CSc2ccccc2)C[C@@H]2CCCN2CCNc2ccccc2)c(S(=O)(=O)C(F)(F)F)c1)c1ccc(N2CCC([C@@H](O)c3ccccc3-c3ccc(Cl)cc3)CC2)cc1. The Balaban J connectivity index is 0.943. The van der Waals surface area contributed by atoms with E-state index in [-0.39, 0.29) is 17.5 Å². The minimum atomic E-state index is -6.10. The van der Waals surface area contributed by atoms with Crippen LogP contribution >= 0.6 is 23.4 Å². The molecule has 0 aliphatic carbocycles. The molecule has 8 rings (SSSR count). The van der Waals surface area contributed by atoms with Crippen molar-refractivity contribution >= 4 is 66.2 Å². The summed E-state index contributed by atoms with van der Waals surface area (Å²) in [6.45, 7) is 3.42. The van der Waals surface area contributed by atoms with Gasteiger partial charge in [-0.1, -0.05) is 84.4 Å². The van der Waals surface area contributed by atoms with Gasteiger partial charge in [0.05, 0.1) is 16.7 Å². The van der Waals surface area contributed by atoms with E-state index in [2.05, 4.69) is 20.4 Å². The standard InChI is InChI=1S/C53H55ClF3N5O6S3/c54-40-21-17-37(18-22-40)47-15-7-8-16-48(47)51(63)38-27-31-62(32-28-38)43-23-19-39(20-24-43)52(64)60-71(67,68)46-25-26-49(50(35-46)70(65,66)53(55,56)57)59-42(36-69-45-13-5-2-6-14-45)34-44-12-9-30-61(44)33-29-58-41-10-3-1-4-11-41/h1-8,10-11,13-26,35,38,42,44,51,58-59,63H,9,12,27-34,36H2,(H,60,64)/t42-,44+,51-/m1/s1. The molecule has 1 amide bonds. The number of aliphatic hydroxyl groups is 1. The van der Waals surface area contributed by atoms with Gasteiger partial charge in [-0.25, -0.2) is 21.6 Å². The molecule has 2 fully saturated rings. The summed E-state index contributed by atoms with van der Waals surface area (Å²) in [7, 11) is -11.0. The average molecular weight is 1050 g/mol. The van der Waals surface area contributed by atoms with E-state index in [1.54, 1.807) is 12.1 Å².